The SMILES string of the molecule is CC(N)C(=O)Nc1cc(-c2nnc3n2CCCCC3)ccc1F. The number of nitrogens with one attached hydrogen (secondary N) is 1. The molecule has 0 fully saturated rings. The lowest BCUT2D eigenvalue weighted by Crippen LogP contribution is -2.32. The van der Waals surface area contributed by atoms with Crippen molar-refractivity contribution in [1.82, 2.24) is 14.8 Å². The zero-order valence-corrected chi connectivity index (χ0v) is 13.1. The summed E-state index contributed by atoms with van der Waals surface area (Å²) in [6, 6.07) is 3.85. The third-order valence-corrected chi connectivity index (χ3v) is 4.01. The molecule has 1 atom stereocenters. The molecule has 0 radical (unpaired) electrons. The monoisotopic (exact) mass is 317 g/mol. The molecule has 1 unspecified atom stereocenters. The smallest absolute Gasteiger partial charge is 0.241 e. The molecule has 3 N–H and O–H groups in total. The molecule has 0 aliphatic carbocycles. The molecule has 6 nitrogen and oxygen atoms in total. The fourth-order valence-electron chi connectivity index (χ4n) is 2.71. The summed E-state index contributed by atoms with van der Waals surface area (Å²) in [4.78, 5) is 11.7. The van der Waals surface area contributed by atoms with Gasteiger partial charge in [-0.05, 0) is 38.0 Å². The number of benzene rings is 1. The van der Waals surface area contributed by atoms with Crippen LogP contribution in [0.2, 0.25) is 0 Å². The molecule has 0 bridgehead atoms. The second kappa shape index (κ2) is 6.45. The summed E-state index contributed by atoms with van der Waals surface area (Å²) in [6.45, 7) is 2.41. The van der Waals surface area contributed by atoms with Crippen molar-refractivity contribution in [1.29, 1.82) is 0 Å². The van der Waals surface area contributed by atoms with Crippen LogP contribution in [0.15, 0.2) is 18.2 Å². The van der Waals surface area contributed by atoms with E-state index in [2.05, 4.69) is 20.1 Å². The molecule has 0 saturated heterocycles. The van der Waals surface area contributed by atoms with E-state index < -0.39 is 17.8 Å². The van der Waals surface area contributed by atoms with E-state index in [1.807, 2.05) is 0 Å². The van der Waals surface area contributed by atoms with Crippen molar-refractivity contribution in [2.75, 3.05) is 5.32 Å². The predicted octanol–water partition coefficient (Wildman–Crippen LogP) is 2.10. The Labute approximate surface area is 133 Å². The lowest BCUT2D eigenvalue weighted by molar-refractivity contribution is -0.117. The van der Waals surface area contributed by atoms with E-state index in [1.165, 1.54) is 12.5 Å². The molecular weight excluding hydrogens is 297 g/mol. The highest BCUT2D eigenvalue weighted by Crippen LogP contribution is 2.26. The van der Waals surface area contributed by atoms with Crippen molar-refractivity contribution < 1.29 is 9.18 Å². The highest BCUT2D eigenvalue weighted by atomic mass is 19.1. The molecule has 7 heteroatoms. The molecule has 1 aliphatic heterocycles. The van der Waals surface area contributed by atoms with Crippen molar-refractivity contribution in [2.24, 2.45) is 5.73 Å². The van der Waals surface area contributed by atoms with Crippen LogP contribution in [0.5, 0.6) is 0 Å². The van der Waals surface area contributed by atoms with E-state index in [4.69, 9.17) is 5.73 Å². The van der Waals surface area contributed by atoms with Gasteiger partial charge in [-0.2, -0.15) is 0 Å². The molecule has 1 amide bonds. The highest BCUT2D eigenvalue weighted by molar-refractivity contribution is 5.95. The summed E-state index contributed by atoms with van der Waals surface area (Å²) >= 11 is 0. The Hall–Kier alpha value is -2.28. The summed E-state index contributed by atoms with van der Waals surface area (Å²) in [5.74, 6) is 0.737. The van der Waals surface area contributed by atoms with Crippen molar-refractivity contribution in [2.45, 2.75) is 45.2 Å². The van der Waals surface area contributed by atoms with Crippen LogP contribution in [-0.4, -0.2) is 26.7 Å². The number of rotatable bonds is 3. The third-order valence-electron chi connectivity index (χ3n) is 4.01. The Bertz CT molecular complexity index is 725. The quantitative estimate of drug-likeness (QED) is 0.907. The van der Waals surface area contributed by atoms with Gasteiger partial charge in [0, 0.05) is 18.5 Å². The number of carbonyl (C=O) groups is 1. The molecule has 2 heterocycles. The highest BCUT2D eigenvalue weighted by Gasteiger charge is 2.18. The number of halogens is 1. The first-order valence-electron chi connectivity index (χ1n) is 7.84. The number of amides is 1. The van der Waals surface area contributed by atoms with Crippen LogP contribution in [-0.2, 0) is 17.8 Å². The van der Waals surface area contributed by atoms with Gasteiger partial charge in [0.15, 0.2) is 5.82 Å². The van der Waals surface area contributed by atoms with Crippen LogP contribution < -0.4 is 11.1 Å². The Morgan fingerprint density at radius 3 is 2.96 bits per heavy atom. The number of hydrogen-bond acceptors (Lipinski definition) is 4. The number of carbonyl (C=O) groups excluding carboxylic acids is 1. The largest absolute Gasteiger partial charge is 0.322 e. The number of nitrogens with two attached hydrogens (primary N) is 1. The third kappa shape index (κ3) is 3.24. The minimum absolute atomic E-state index is 0.107. The van der Waals surface area contributed by atoms with Gasteiger partial charge in [0.1, 0.15) is 11.6 Å². The second-order valence-corrected chi connectivity index (χ2v) is 5.87. The Morgan fingerprint density at radius 2 is 2.17 bits per heavy atom. The van der Waals surface area contributed by atoms with Gasteiger partial charge in [-0.25, -0.2) is 4.39 Å². The Morgan fingerprint density at radius 1 is 1.35 bits per heavy atom. The molecule has 2 aromatic rings. The van der Waals surface area contributed by atoms with Crippen LogP contribution in [0.1, 0.15) is 32.0 Å². The molecular formula is C16H20FN5O. The van der Waals surface area contributed by atoms with Gasteiger partial charge < -0.3 is 15.6 Å². The zero-order chi connectivity index (χ0) is 16.4. The number of nitrogens with zero attached hydrogens (tertiary/aromatic N) is 3. The molecule has 122 valence electrons. The zero-order valence-electron chi connectivity index (χ0n) is 13.1. The average Bonchev–Trinajstić information content (AvgIpc) is 2.78. The first-order valence-corrected chi connectivity index (χ1v) is 7.84. The van der Waals surface area contributed by atoms with E-state index in [-0.39, 0.29) is 5.69 Å². The summed E-state index contributed by atoms with van der Waals surface area (Å²) in [7, 11) is 0. The summed E-state index contributed by atoms with van der Waals surface area (Å²) in [5, 5.41) is 11.0. The predicted molar refractivity (Wildman–Crippen MR) is 85.3 cm³/mol. The van der Waals surface area contributed by atoms with Crippen molar-refractivity contribution in [3.05, 3.63) is 29.8 Å². The van der Waals surface area contributed by atoms with Gasteiger partial charge in [-0.15, -0.1) is 10.2 Å². The standard InChI is InChI=1S/C16H20FN5O/c1-10(18)16(23)19-13-9-11(6-7-12(13)17)15-21-20-14-5-3-2-4-8-22(14)15/h6-7,9-10H,2-5,8,18H2,1H3,(H,19,23). The second-order valence-electron chi connectivity index (χ2n) is 5.87. The minimum Gasteiger partial charge on any atom is -0.322 e. The van der Waals surface area contributed by atoms with Gasteiger partial charge >= 0.3 is 0 Å². The van der Waals surface area contributed by atoms with E-state index in [9.17, 15) is 9.18 Å². The summed E-state index contributed by atoms with van der Waals surface area (Å²) < 4.78 is 16.0. The lowest BCUT2D eigenvalue weighted by atomic mass is 10.1. The average molecular weight is 317 g/mol. The number of aromatic nitrogens is 3. The number of fused-ring (bicyclic) bond motifs is 1. The molecule has 1 aromatic carbocycles. The van der Waals surface area contributed by atoms with Crippen molar-refractivity contribution in [3.63, 3.8) is 0 Å². The van der Waals surface area contributed by atoms with Crippen LogP contribution in [0, 0.1) is 5.82 Å². The fourth-order valence-corrected chi connectivity index (χ4v) is 2.71. The normalized spacial score (nSPS) is 15.6. The van der Waals surface area contributed by atoms with Crippen molar-refractivity contribution in [3.8, 4) is 11.4 Å². The Kier molecular flexibility index (Phi) is 4.38. The minimum atomic E-state index is -0.706. The number of hydrogen-bond donors (Lipinski definition) is 2. The van der Waals surface area contributed by atoms with Crippen LogP contribution >= 0.6 is 0 Å². The molecule has 0 saturated carbocycles. The van der Waals surface area contributed by atoms with Gasteiger partial charge in [0.25, 0.3) is 0 Å². The van der Waals surface area contributed by atoms with E-state index in [0.29, 0.717) is 5.82 Å². The summed E-state index contributed by atoms with van der Waals surface area (Å²) in [6.07, 6.45) is 4.26. The lowest BCUT2D eigenvalue weighted by Gasteiger charge is -2.11. The number of aryl methyl sites for hydroxylation is 1. The van der Waals surface area contributed by atoms with Crippen LogP contribution in [0.3, 0.4) is 0 Å². The molecule has 0 spiro atoms. The topological polar surface area (TPSA) is 85.8 Å². The Balaban J connectivity index is 1.95. The number of anilines is 1. The van der Waals surface area contributed by atoms with E-state index >= 15 is 0 Å². The molecule has 1 aromatic heterocycles. The first-order chi connectivity index (χ1) is 11.1. The molecule has 1 aliphatic rings. The maximum Gasteiger partial charge on any atom is 0.241 e. The fraction of sp³-hybridized carbons (Fsp3) is 0.438. The van der Waals surface area contributed by atoms with Gasteiger partial charge in [-0.1, -0.05) is 6.42 Å². The summed E-state index contributed by atoms with van der Waals surface area (Å²) in [5.41, 5.74) is 6.35. The van der Waals surface area contributed by atoms with E-state index in [1.54, 1.807) is 19.1 Å². The maximum atomic E-state index is 13.9. The van der Waals surface area contributed by atoms with Crippen LogP contribution in [0.4, 0.5) is 10.1 Å². The molecule has 3 rings (SSSR count). The molecule has 23 heavy (non-hydrogen) atoms. The van der Waals surface area contributed by atoms with Gasteiger partial charge in [0.2, 0.25) is 5.91 Å². The van der Waals surface area contributed by atoms with Gasteiger partial charge in [-0.3, -0.25) is 4.79 Å². The van der Waals surface area contributed by atoms with Crippen molar-refractivity contribution >= 4 is 11.6 Å². The maximum absolute atomic E-state index is 13.9. The first kappa shape index (κ1) is 15.6. The van der Waals surface area contributed by atoms with Gasteiger partial charge in [0.05, 0.1) is 11.7 Å². The van der Waals surface area contributed by atoms with E-state index in [0.717, 1.165) is 37.2 Å². The van der Waals surface area contributed by atoms with Crippen LogP contribution in [0.25, 0.3) is 11.4 Å².